The number of nitrogens with one attached hydrogen (secondary N) is 2. The second-order valence-electron chi connectivity index (χ2n) is 7.45. The van der Waals surface area contributed by atoms with E-state index in [1.165, 1.54) is 4.90 Å². The van der Waals surface area contributed by atoms with Gasteiger partial charge in [-0.25, -0.2) is 0 Å². The molecule has 0 radical (unpaired) electrons. The Balaban J connectivity index is 1.93. The lowest BCUT2D eigenvalue weighted by Crippen LogP contribution is -2.49. The van der Waals surface area contributed by atoms with Crippen molar-refractivity contribution >= 4 is 28.5 Å². The fourth-order valence-electron chi connectivity index (χ4n) is 2.71. The molecule has 0 bridgehead atoms. The number of fused-ring (bicyclic) bond motifs is 1. The van der Waals surface area contributed by atoms with E-state index in [9.17, 15) is 14.4 Å². The molecule has 2 rings (SSSR count). The van der Waals surface area contributed by atoms with Gasteiger partial charge >= 0.3 is 0 Å². The van der Waals surface area contributed by atoms with E-state index in [-0.39, 0.29) is 36.3 Å². The molecule has 0 aliphatic heterocycles. The lowest BCUT2D eigenvalue weighted by molar-refractivity contribution is -0.135. The third kappa shape index (κ3) is 6.09. The smallest absolute Gasteiger partial charge is 0.251 e. The fourth-order valence-corrected chi connectivity index (χ4v) is 2.71. The van der Waals surface area contributed by atoms with E-state index in [0.717, 1.165) is 10.8 Å². The van der Waals surface area contributed by atoms with Crippen molar-refractivity contribution in [3.05, 3.63) is 48.0 Å². The summed E-state index contributed by atoms with van der Waals surface area (Å²) in [5.41, 5.74) is 0.138. The number of amides is 3. The zero-order valence-electron chi connectivity index (χ0n) is 16.3. The van der Waals surface area contributed by atoms with Crippen LogP contribution in [0.2, 0.25) is 0 Å². The number of carbonyl (C=O) groups is 3. The predicted molar refractivity (Wildman–Crippen MR) is 106 cm³/mol. The standard InChI is InChI=1S/C21H27N3O3/c1-5-24(14-18(25)23-21(2,3)4)19(26)13-22-20(27)17-11-10-15-8-6-7-9-16(15)12-17/h6-12H,5,13-14H2,1-4H3,(H,22,27)(H,23,25). The van der Waals surface area contributed by atoms with Gasteiger partial charge < -0.3 is 15.5 Å². The van der Waals surface area contributed by atoms with Gasteiger partial charge in [0.2, 0.25) is 11.8 Å². The van der Waals surface area contributed by atoms with E-state index < -0.39 is 0 Å². The molecule has 0 aliphatic rings. The highest BCUT2D eigenvalue weighted by Crippen LogP contribution is 2.15. The molecule has 27 heavy (non-hydrogen) atoms. The molecule has 0 heterocycles. The van der Waals surface area contributed by atoms with E-state index in [4.69, 9.17) is 0 Å². The lowest BCUT2D eigenvalue weighted by atomic mass is 10.1. The molecular weight excluding hydrogens is 342 g/mol. The summed E-state index contributed by atoms with van der Waals surface area (Å²) in [5, 5.41) is 7.48. The second-order valence-corrected chi connectivity index (χ2v) is 7.45. The van der Waals surface area contributed by atoms with Gasteiger partial charge in [-0.2, -0.15) is 0 Å². The average Bonchev–Trinajstić information content (AvgIpc) is 2.62. The molecular formula is C21H27N3O3. The van der Waals surface area contributed by atoms with Crippen molar-refractivity contribution in [2.24, 2.45) is 0 Å². The summed E-state index contributed by atoms with van der Waals surface area (Å²) < 4.78 is 0. The Bertz CT molecular complexity index is 840. The van der Waals surface area contributed by atoms with Crippen LogP contribution in [0.15, 0.2) is 42.5 Å². The second kappa shape index (κ2) is 8.66. The van der Waals surface area contributed by atoms with Crippen molar-refractivity contribution in [3.63, 3.8) is 0 Å². The number of rotatable bonds is 6. The molecule has 0 unspecified atom stereocenters. The van der Waals surface area contributed by atoms with Gasteiger partial charge in [0.25, 0.3) is 5.91 Å². The molecule has 0 spiro atoms. The van der Waals surface area contributed by atoms with Crippen molar-refractivity contribution in [1.82, 2.24) is 15.5 Å². The van der Waals surface area contributed by atoms with Crippen LogP contribution >= 0.6 is 0 Å². The Labute approximate surface area is 159 Å². The minimum absolute atomic E-state index is 0.0293. The van der Waals surface area contributed by atoms with Gasteiger partial charge in [0.1, 0.15) is 0 Å². The van der Waals surface area contributed by atoms with Crippen LogP contribution in [0.3, 0.4) is 0 Å². The van der Waals surface area contributed by atoms with Crippen molar-refractivity contribution in [1.29, 1.82) is 0 Å². The highest BCUT2D eigenvalue weighted by molar-refractivity contribution is 6.00. The van der Waals surface area contributed by atoms with Crippen LogP contribution in [0.1, 0.15) is 38.1 Å². The molecule has 2 aromatic rings. The van der Waals surface area contributed by atoms with Crippen LogP contribution in [-0.2, 0) is 9.59 Å². The predicted octanol–water partition coefficient (Wildman–Crippen LogP) is 2.33. The molecule has 2 aromatic carbocycles. The summed E-state index contributed by atoms with van der Waals surface area (Å²) in [7, 11) is 0. The van der Waals surface area contributed by atoms with E-state index in [1.807, 2.05) is 51.1 Å². The van der Waals surface area contributed by atoms with E-state index in [2.05, 4.69) is 10.6 Å². The van der Waals surface area contributed by atoms with Crippen molar-refractivity contribution in [3.8, 4) is 0 Å². The quantitative estimate of drug-likeness (QED) is 0.820. The molecule has 3 amide bonds. The summed E-state index contributed by atoms with van der Waals surface area (Å²) in [6.07, 6.45) is 0. The first-order chi connectivity index (χ1) is 12.7. The molecule has 0 saturated carbocycles. The summed E-state index contributed by atoms with van der Waals surface area (Å²) in [5.74, 6) is -0.835. The Morgan fingerprint density at radius 1 is 1.00 bits per heavy atom. The summed E-state index contributed by atoms with van der Waals surface area (Å²) in [6.45, 7) is 7.66. The van der Waals surface area contributed by atoms with Gasteiger partial charge in [-0.15, -0.1) is 0 Å². The Morgan fingerprint density at radius 3 is 2.30 bits per heavy atom. The molecule has 0 atom stereocenters. The summed E-state index contributed by atoms with van der Waals surface area (Å²) >= 11 is 0. The van der Waals surface area contributed by atoms with Crippen LogP contribution < -0.4 is 10.6 Å². The van der Waals surface area contributed by atoms with Crippen LogP contribution in [0, 0.1) is 0 Å². The van der Waals surface area contributed by atoms with E-state index in [0.29, 0.717) is 12.1 Å². The van der Waals surface area contributed by atoms with Gasteiger partial charge in [-0.3, -0.25) is 14.4 Å². The Kier molecular flexibility index (Phi) is 6.55. The van der Waals surface area contributed by atoms with Gasteiger partial charge in [0, 0.05) is 17.6 Å². The SMILES string of the molecule is CCN(CC(=O)NC(C)(C)C)C(=O)CNC(=O)c1ccc2ccccc2c1. The van der Waals surface area contributed by atoms with Crippen molar-refractivity contribution in [2.75, 3.05) is 19.6 Å². The monoisotopic (exact) mass is 369 g/mol. The van der Waals surface area contributed by atoms with E-state index >= 15 is 0 Å². The first-order valence-corrected chi connectivity index (χ1v) is 9.05. The number of hydrogen-bond donors (Lipinski definition) is 2. The van der Waals surface area contributed by atoms with Crippen molar-refractivity contribution < 1.29 is 14.4 Å². The summed E-state index contributed by atoms with van der Waals surface area (Å²) in [6, 6.07) is 13.2. The number of likely N-dealkylation sites (N-methyl/N-ethyl adjacent to an activating group) is 1. The molecule has 6 nitrogen and oxygen atoms in total. The molecule has 0 aromatic heterocycles. The van der Waals surface area contributed by atoms with Crippen LogP contribution in [0.4, 0.5) is 0 Å². The minimum atomic E-state index is -0.357. The van der Waals surface area contributed by atoms with Crippen molar-refractivity contribution in [2.45, 2.75) is 33.2 Å². The first kappa shape index (κ1) is 20.4. The Morgan fingerprint density at radius 2 is 1.67 bits per heavy atom. The maximum absolute atomic E-state index is 12.4. The zero-order chi connectivity index (χ0) is 20.0. The minimum Gasteiger partial charge on any atom is -0.350 e. The van der Waals surface area contributed by atoms with Crippen LogP contribution in [-0.4, -0.2) is 47.8 Å². The maximum atomic E-state index is 12.4. The number of hydrogen-bond acceptors (Lipinski definition) is 3. The molecule has 0 saturated heterocycles. The number of carbonyl (C=O) groups excluding carboxylic acids is 3. The fraction of sp³-hybridized carbons (Fsp3) is 0.381. The van der Waals surface area contributed by atoms with E-state index in [1.54, 1.807) is 19.1 Å². The zero-order valence-corrected chi connectivity index (χ0v) is 16.3. The molecule has 144 valence electrons. The third-order valence-electron chi connectivity index (χ3n) is 4.00. The largest absolute Gasteiger partial charge is 0.350 e. The topological polar surface area (TPSA) is 78.5 Å². The molecule has 0 fully saturated rings. The average molecular weight is 369 g/mol. The maximum Gasteiger partial charge on any atom is 0.251 e. The first-order valence-electron chi connectivity index (χ1n) is 9.05. The lowest BCUT2D eigenvalue weighted by Gasteiger charge is -2.25. The van der Waals surface area contributed by atoms with Crippen LogP contribution in [0.5, 0.6) is 0 Å². The highest BCUT2D eigenvalue weighted by Gasteiger charge is 2.20. The Hall–Kier alpha value is -2.89. The van der Waals surface area contributed by atoms with Gasteiger partial charge in [0.15, 0.2) is 0 Å². The van der Waals surface area contributed by atoms with Gasteiger partial charge in [0.05, 0.1) is 13.1 Å². The van der Waals surface area contributed by atoms with Gasteiger partial charge in [-0.05, 0) is 50.6 Å². The third-order valence-corrected chi connectivity index (χ3v) is 4.00. The number of nitrogens with zero attached hydrogens (tertiary/aromatic N) is 1. The molecule has 0 aliphatic carbocycles. The van der Waals surface area contributed by atoms with Gasteiger partial charge in [-0.1, -0.05) is 30.3 Å². The van der Waals surface area contributed by atoms with Crippen LogP contribution in [0.25, 0.3) is 10.8 Å². The molecule has 2 N–H and O–H groups in total. The summed E-state index contributed by atoms with van der Waals surface area (Å²) in [4.78, 5) is 38.1. The number of benzene rings is 2. The normalized spacial score (nSPS) is 11.1. The molecule has 6 heteroatoms. The highest BCUT2D eigenvalue weighted by atomic mass is 16.2.